The molecule has 0 saturated heterocycles. The van der Waals surface area contributed by atoms with Gasteiger partial charge in [0, 0.05) is 5.69 Å². The van der Waals surface area contributed by atoms with Crippen LogP contribution in [0.25, 0.3) is 0 Å². The average molecular weight is 229 g/mol. The fourth-order valence-electron chi connectivity index (χ4n) is 1.15. The van der Waals surface area contributed by atoms with Crippen molar-refractivity contribution < 1.29 is 9.53 Å². The number of hydrogen-bond acceptors (Lipinski definition) is 3. The molecular weight excluding hydrogens is 216 g/mol. The molecule has 82 valence electrons. The minimum absolute atomic E-state index is 0.216. The second-order valence-electron chi connectivity index (χ2n) is 3.09. The molecule has 4 nitrogen and oxygen atoms in total. The van der Waals surface area contributed by atoms with Gasteiger partial charge in [-0.2, -0.15) is 0 Å². The molecular formula is C10H13ClN2O2. The quantitative estimate of drug-likeness (QED) is 0.772. The van der Waals surface area contributed by atoms with Gasteiger partial charge in [0.25, 0.3) is 5.91 Å². The number of halogens is 1. The molecule has 1 rings (SSSR count). The first-order valence-electron chi connectivity index (χ1n) is 4.58. The normalized spacial score (nSPS) is 10.0. The fourth-order valence-corrected chi connectivity index (χ4v) is 1.43. The lowest BCUT2D eigenvalue weighted by Crippen LogP contribution is -2.14. The summed E-state index contributed by atoms with van der Waals surface area (Å²) in [5.74, 6) is -0.296. The molecule has 0 aliphatic heterocycles. The van der Waals surface area contributed by atoms with Crippen LogP contribution in [-0.4, -0.2) is 12.5 Å². The van der Waals surface area contributed by atoms with Gasteiger partial charge in [-0.25, -0.2) is 0 Å². The number of amides is 1. The minimum atomic E-state index is -0.602. The molecule has 4 N–H and O–H groups in total. The summed E-state index contributed by atoms with van der Waals surface area (Å²) in [4.78, 5) is 11.1. The monoisotopic (exact) mass is 228 g/mol. The predicted molar refractivity (Wildman–Crippen MR) is 60.2 cm³/mol. The maximum Gasteiger partial charge on any atom is 0.252 e. The number of anilines is 1. The van der Waals surface area contributed by atoms with Gasteiger partial charge in [-0.05, 0) is 18.6 Å². The molecule has 0 heterocycles. The highest BCUT2D eigenvalue weighted by Crippen LogP contribution is 2.31. The summed E-state index contributed by atoms with van der Waals surface area (Å²) in [5, 5.41) is 0.303. The second kappa shape index (κ2) is 4.89. The summed E-state index contributed by atoms with van der Waals surface area (Å²) in [6, 6.07) is 2.98. The second-order valence-corrected chi connectivity index (χ2v) is 3.50. The van der Waals surface area contributed by atoms with E-state index in [9.17, 15) is 4.79 Å². The smallest absolute Gasteiger partial charge is 0.252 e. The van der Waals surface area contributed by atoms with Crippen LogP contribution in [0.4, 0.5) is 5.69 Å². The Hall–Kier alpha value is -1.42. The minimum Gasteiger partial charge on any atom is -0.491 e. The molecule has 0 aliphatic rings. The zero-order valence-corrected chi connectivity index (χ0v) is 9.17. The van der Waals surface area contributed by atoms with Crippen LogP contribution >= 0.6 is 11.6 Å². The molecule has 15 heavy (non-hydrogen) atoms. The first kappa shape index (κ1) is 11.7. The standard InChI is InChI=1S/C10H13ClN2O2/c1-2-3-15-9-7(10(13)14)4-6(12)5-8(9)11/h4-5H,2-3,12H2,1H3,(H2,13,14). The molecule has 1 amide bonds. The van der Waals surface area contributed by atoms with Crippen LogP contribution < -0.4 is 16.2 Å². The lowest BCUT2D eigenvalue weighted by atomic mass is 10.1. The van der Waals surface area contributed by atoms with Gasteiger partial charge in [0.15, 0.2) is 5.75 Å². The van der Waals surface area contributed by atoms with Gasteiger partial charge in [-0.1, -0.05) is 18.5 Å². The Balaban J connectivity index is 3.15. The van der Waals surface area contributed by atoms with E-state index in [4.69, 9.17) is 27.8 Å². The highest BCUT2D eigenvalue weighted by molar-refractivity contribution is 6.33. The van der Waals surface area contributed by atoms with E-state index in [1.54, 1.807) is 0 Å². The molecule has 0 radical (unpaired) electrons. The number of rotatable bonds is 4. The first-order valence-corrected chi connectivity index (χ1v) is 4.95. The Morgan fingerprint density at radius 3 is 2.73 bits per heavy atom. The summed E-state index contributed by atoms with van der Waals surface area (Å²) in [6.07, 6.45) is 0.818. The van der Waals surface area contributed by atoms with Crippen LogP contribution in [0, 0.1) is 0 Å². The lowest BCUT2D eigenvalue weighted by molar-refractivity contribution is 0.0996. The summed E-state index contributed by atoms with van der Waals surface area (Å²) in [5.41, 5.74) is 11.3. The van der Waals surface area contributed by atoms with Crippen LogP contribution in [-0.2, 0) is 0 Å². The Kier molecular flexibility index (Phi) is 3.80. The molecule has 1 aromatic carbocycles. The molecule has 0 fully saturated rings. The van der Waals surface area contributed by atoms with Gasteiger partial charge in [0.05, 0.1) is 17.2 Å². The fraction of sp³-hybridized carbons (Fsp3) is 0.300. The first-order chi connectivity index (χ1) is 7.06. The molecule has 0 aromatic heterocycles. The number of carbonyl (C=O) groups is 1. The highest BCUT2D eigenvalue weighted by atomic mass is 35.5. The zero-order chi connectivity index (χ0) is 11.4. The van der Waals surface area contributed by atoms with Crippen LogP contribution in [0.3, 0.4) is 0 Å². The number of benzene rings is 1. The molecule has 0 unspecified atom stereocenters. The highest BCUT2D eigenvalue weighted by Gasteiger charge is 2.14. The molecule has 5 heteroatoms. The van der Waals surface area contributed by atoms with Crippen molar-refractivity contribution in [3.05, 3.63) is 22.7 Å². The Bertz CT molecular complexity index is 380. The molecule has 0 atom stereocenters. The molecule has 0 spiro atoms. The Labute approximate surface area is 93.1 Å². The van der Waals surface area contributed by atoms with Crippen molar-refractivity contribution in [1.82, 2.24) is 0 Å². The Morgan fingerprint density at radius 2 is 2.20 bits per heavy atom. The van der Waals surface area contributed by atoms with Gasteiger partial charge in [-0.3, -0.25) is 4.79 Å². The summed E-state index contributed by atoms with van der Waals surface area (Å²) >= 11 is 5.90. The number of nitrogens with two attached hydrogens (primary N) is 2. The number of ether oxygens (including phenoxy) is 1. The van der Waals surface area contributed by atoms with Gasteiger partial charge in [0.2, 0.25) is 0 Å². The maximum absolute atomic E-state index is 11.1. The third-order valence-electron chi connectivity index (χ3n) is 1.78. The van der Waals surface area contributed by atoms with Crippen molar-refractivity contribution in [1.29, 1.82) is 0 Å². The maximum atomic E-state index is 11.1. The van der Waals surface area contributed by atoms with Crippen LogP contribution in [0.1, 0.15) is 23.7 Å². The number of primary amides is 1. The van der Waals surface area contributed by atoms with Crippen molar-refractivity contribution >= 4 is 23.2 Å². The van der Waals surface area contributed by atoms with Gasteiger partial charge < -0.3 is 16.2 Å². The van der Waals surface area contributed by atoms with Crippen molar-refractivity contribution in [2.24, 2.45) is 5.73 Å². The lowest BCUT2D eigenvalue weighted by Gasteiger charge is -2.11. The molecule has 0 bridgehead atoms. The van der Waals surface area contributed by atoms with Gasteiger partial charge in [-0.15, -0.1) is 0 Å². The van der Waals surface area contributed by atoms with E-state index in [-0.39, 0.29) is 5.56 Å². The van der Waals surface area contributed by atoms with E-state index >= 15 is 0 Å². The van der Waals surface area contributed by atoms with E-state index in [1.165, 1.54) is 12.1 Å². The molecule has 0 saturated carbocycles. The third-order valence-corrected chi connectivity index (χ3v) is 2.06. The zero-order valence-electron chi connectivity index (χ0n) is 8.42. The SMILES string of the molecule is CCCOc1c(Cl)cc(N)cc1C(N)=O. The number of hydrogen-bond donors (Lipinski definition) is 2. The molecule has 1 aromatic rings. The van der Waals surface area contributed by atoms with Crippen molar-refractivity contribution in [3.8, 4) is 5.75 Å². The van der Waals surface area contributed by atoms with Crippen LogP contribution in [0.5, 0.6) is 5.75 Å². The third kappa shape index (κ3) is 2.76. The Morgan fingerprint density at radius 1 is 1.53 bits per heavy atom. The van der Waals surface area contributed by atoms with Crippen molar-refractivity contribution in [2.45, 2.75) is 13.3 Å². The largest absolute Gasteiger partial charge is 0.491 e. The van der Waals surface area contributed by atoms with Gasteiger partial charge >= 0.3 is 0 Å². The average Bonchev–Trinajstić information content (AvgIpc) is 2.15. The topological polar surface area (TPSA) is 78.3 Å². The van der Waals surface area contributed by atoms with Crippen LogP contribution in [0.15, 0.2) is 12.1 Å². The number of nitrogen functional groups attached to an aromatic ring is 1. The number of carbonyl (C=O) groups excluding carboxylic acids is 1. The van der Waals surface area contributed by atoms with Crippen LogP contribution in [0.2, 0.25) is 5.02 Å². The summed E-state index contributed by atoms with van der Waals surface area (Å²) < 4.78 is 5.35. The van der Waals surface area contributed by atoms with E-state index in [0.717, 1.165) is 6.42 Å². The van der Waals surface area contributed by atoms with E-state index in [2.05, 4.69) is 0 Å². The summed E-state index contributed by atoms with van der Waals surface area (Å²) in [7, 11) is 0. The van der Waals surface area contributed by atoms with E-state index < -0.39 is 5.91 Å². The predicted octanol–water partition coefficient (Wildman–Crippen LogP) is 1.81. The van der Waals surface area contributed by atoms with E-state index in [0.29, 0.717) is 23.1 Å². The van der Waals surface area contributed by atoms with Crippen molar-refractivity contribution in [2.75, 3.05) is 12.3 Å². The van der Waals surface area contributed by atoms with E-state index in [1.807, 2.05) is 6.92 Å². The molecule has 0 aliphatic carbocycles. The summed E-state index contributed by atoms with van der Waals surface area (Å²) in [6.45, 7) is 2.43. The van der Waals surface area contributed by atoms with Crippen molar-refractivity contribution in [3.63, 3.8) is 0 Å². The van der Waals surface area contributed by atoms with Gasteiger partial charge in [0.1, 0.15) is 0 Å².